The third kappa shape index (κ3) is 3.31. The lowest BCUT2D eigenvalue weighted by atomic mass is 10.0. The van der Waals surface area contributed by atoms with Crippen molar-refractivity contribution in [1.82, 2.24) is 4.90 Å². The second kappa shape index (κ2) is 6.75. The summed E-state index contributed by atoms with van der Waals surface area (Å²) in [5.74, 6) is 0.172. The molecule has 0 radical (unpaired) electrons. The molecule has 1 fully saturated rings. The summed E-state index contributed by atoms with van der Waals surface area (Å²) in [6.45, 7) is 4.09. The molecule has 1 amide bonds. The largest absolute Gasteiger partial charge is 0.388 e. The summed E-state index contributed by atoms with van der Waals surface area (Å²) in [6.07, 6.45) is 2.42. The maximum absolute atomic E-state index is 12.2. The van der Waals surface area contributed by atoms with Gasteiger partial charge in [0.25, 0.3) is 0 Å². The van der Waals surface area contributed by atoms with E-state index in [1.165, 1.54) is 0 Å². The molecule has 1 heterocycles. The smallest absolute Gasteiger partial charge is 0.242 e. The van der Waals surface area contributed by atoms with Crippen LogP contribution < -0.4 is 4.90 Å². The van der Waals surface area contributed by atoms with E-state index in [9.17, 15) is 9.90 Å². The lowest BCUT2D eigenvalue weighted by molar-refractivity contribution is -0.128. The highest BCUT2D eigenvalue weighted by Crippen LogP contribution is 2.27. The highest BCUT2D eigenvalue weighted by atomic mass is 16.3. The molecule has 1 unspecified atom stereocenters. The van der Waals surface area contributed by atoms with Crippen LogP contribution >= 0.6 is 0 Å². The van der Waals surface area contributed by atoms with Crippen LogP contribution in [0.2, 0.25) is 0 Å². The zero-order chi connectivity index (χ0) is 14.5. The van der Waals surface area contributed by atoms with Crippen LogP contribution in [-0.2, 0) is 4.79 Å². The number of hydrogen-bond acceptors (Lipinski definition) is 3. The maximum Gasteiger partial charge on any atom is 0.242 e. The average molecular weight is 276 g/mol. The summed E-state index contributed by atoms with van der Waals surface area (Å²) >= 11 is 0. The molecule has 1 aromatic carbocycles. The molecule has 0 aromatic heterocycles. The average Bonchev–Trinajstić information content (AvgIpc) is 3.00. The fraction of sp³-hybridized carbons (Fsp3) is 0.562. The van der Waals surface area contributed by atoms with Gasteiger partial charge in [-0.3, -0.25) is 4.79 Å². The second-order valence-electron chi connectivity index (χ2n) is 5.43. The maximum atomic E-state index is 12.2. The molecule has 20 heavy (non-hydrogen) atoms. The third-order valence-corrected chi connectivity index (χ3v) is 3.92. The van der Waals surface area contributed by atoms with Gasteiger partial charge >= 0.3 is 0 Å². The Morgan fingerprint density at radius 2 is 2.00 bits per heavy atom. The van der Waals surface area contributed by atoms with Gasteiger partial charge in [0.15, 0.2) is 0 Å². The number of para-hydroxylation sites is 1. The van der Waals surface area contributed by atoms with Crippen LogP contribution in [0.4, 0.5) is 5.69 Å². The fourth-order valence-electron chi connectivity index (χ4n) is 2.69. The van der Waals surface area contributed by atoms with Gasteiger partial charge in [0.2, 0.25) is 5.91 Å². The van der Waals surface area contributed by atoms with Gasteiger partial charge in [0, 0.05) is 31.4 Å². The third-order valence-electron chi connectivity index (χ3n) is 3.92. The SMILES string of the molecule is CCC(O)c1ccccc1N(C)CC(=O)N1CCCC1. The number of amides is 1. The molecule has 4 nitrogen and oxygen atoms in total. The van der Waals surface area contributed by atoms with Crippen molar-refractivity contribution in [3.05, 3.63) is 29.8 Å². The minimum Gasteiger partial charge on any atom is -0.388 e. The van der Waals surface area contributed by atoms with Crippen molar-refractivity contribution in [2.24, 2.45) is 0 Å². The summed E-state index contributed by atoms with van der Waals surface area (Å²) in [5.41, 5.74) is 1.83. The summed E-state index contributed by atoms with van der Waals surface area (Å²) < 4.78 is 0. The zero-order valence-corrected chi connectivity index (χ0v) is 12.4. The molecular weight excluding hydrogens is 252 g/mol. The highest BCUT2D eigenvalue weighted by Gasteiger charge is 2.21. The van der Waals surface area contributed by atoms with Crippen LogP contribution in [0, 0.1) is 0 Å². The van der Waals surface area contributed by atoms with Crippen molar-refractivity contribution < 1.29 is 9.90 Å². The number of anilines is 1. The lowest BCUT2D eigenvalue weighted by Gasteiger charge is -2.26. The second-order valence-corrected chi connectivity index (χ2v) is 5.43. The summed E-state index contributed by atoms with van der Waals surface area (Å²) in [4.78, 5) is 16.1. The molecule has 0 spiro atoms. The Labute approximate surface area is 121 Å². The first-order chi connectivity index (χ1) is 9.63. The molecule has 110 valence electrons. The van der Waals surface area contributed by atoms with Gasteiger partial charge < -0.3 is 14.9 Å². The number of likely N-dealkylation sites (tertiary alicyclic amines) is 1. The Morgan fingerprint density at radius 1 is 1.35 bits per heavy atom. The van der Waals surface area contributed by atoms with Gasteiger partial charge in [-0.15, -0.1) is 0 Å². The molecule has 1 atom stereocenters. The van der Waals surface area contributed by atoms with E-state index >= 15 is 0 Å². The molecule has 4 heteroatoms. The van der Waals surface area contributed by atoms with Crippen molar-refractivity contribution in [1.29, 1.82) is 0 Å². The van der Waals surface area contributed by atoms with E-state index in [4.69, 9.17) is 0 Å². The molecular formula is C16H24N2O2. The summed E-state index contributed by atoms with van der Waals surface area (Å²) in [7, 11) is 1.91. The Balaban J connectivity index is 2.08. The number of carbonyl (C=O) groups is 1. The van der Waals surface area contributed by atoms with Crippen molar-refractivity contribution in [3.8, 4) is 0 Å². The van der Waals surface area contributed by atoms with Gasteiger partial charge in [-0.1, -0.05) is 25.1 Å². The van der Waals surface area contributed by atoms with E-state index in [1.807, 2.05) is 48.0 Å². The van der Waals surface area contributed by atoms with Gasteiger partial charge in [-0.25, -0.2) is 0 Å². The molecule has 0 bridgehead atoms. The normalized spacial score (nSPS) is 16.2. The van der Waals surface area contributed by atoms with E-state index in [0.717, 1.165) is 37.2 Å². The first kappa shape index (κ1) is 14.9. The number of nitrogens with zero attached hydrogens (tertiary/aromatic N) is 2. The standard InChI is InChI=1S/C16H24N2O2/c1-3-15(19)13-8-4-5-9-14(13)17(2)12-16(20)18-10-6-7-11-18/h4-5,8-9,15,19H,3,6-7,10-12H2,1-2H3. The van der Waals surface area contributed by atoms with Gasteiger partial charge in [0.05, 0.1) is 12.6 Å². The van der Waals surface area contributed by atoms with Gasteiger partial charge in [-0.2, -0.15) is 0 Å². The first-order valence-electron chi connectivity index (χ1n) is 7.39. The minimum atomic E-state index is -0.476. The number of likely N-dealkylation sites (N-methyl/N-ethyl adjacent to an activating group) is 1. The van der Waals surface area contributed by atoms with Gasteiger partial charge in [0.1, 0.15) is 0 Å². The Morgan fingerprint density at radius 3 is 2.65 bits per heavy atom. The van der Waals surface area contributed by atoms with Crippen LogP contribution in [0.1, 0.15) is 37.9 Å². The molecule has 1 aromatic rings. The van der Waals surface area contributed by atoms with Crippen molar-refractivity contribution in [2.45, 2.75) is 32.3 Å². The monoisotopic (exact) mass is 276 g/mol. The number of carbonyl (C=O) groups excluding carboxylic acids is 1. The topological polar surface area (TPSA) is 43.8 Å². The van der Waals surface area contributed by atoms with Crippen LogP contribution in [-0.4, -0.2) is 42.6 Å². The number of hydrogen-bond donors (Lipinski definition) is 1. The molecule has 0 saturated carbocycles. The van der Waals surface area contributed by atoms with Gasteiger partial charge in [-0.05, 0) is 25.3 Å². The number of aliphatic hydroxyl groups is 1. The fourth-order valence-corrected chi connectivity index (χ4v) is 2.69. The number of aliphatic hydroxyl groups excluding tert-OH is 1. The Kier molecular flexibility index (Phi) is 5.01. The van der Waals surface area contributed by atoms with Crippen LogP contribution in [0.25, 0.3) is 0 Å². The van der Waals surface area contributed by atoms with E-state index < -0.39 is 6.10 Å². The first-order valence-corrected chi connectivity index (χ1v) is 7.39. The molecule has 1 aliphatic heterocycles. The molecule has 0 aliphatic carbocycles. The van der Waals surface area contributed by atoms with E-state index in [0.29, 0.717) is 13.0 Å². The van der Waals surface area contributed by atoms with Crippen molar-refractivity contribution in [3.63, 3.8) is 0 Å². The summed E-state index contributed by atoms with van der Waals surface area (Å²) in [5, 5.41) is 10.1. The number of benzene rings is 1. The van der Waals surface area contributed by atoms with Crippen LogP contribution in [0.5, 0.6) is 0 Å². The lowest BCUT2D eigenvalue weighted by Crippen LogP contribution is -2.37. The predicted octanol–water partition coefficient (Wildman–Crippen LogP) is 2.19. The Hall–Kier alpha value is -1.55. The van der Waals surface area contributed by atoms with Crippen LogP contribution in [0.3, 0.4) is 0 Å². The minimum absolute atomic E-state index is 0.172. The zero-order valence-electron chi connectivity index (χ0n) is 12.4. The van der Waals surface area contributed by atoms with Crippen molar-refractivity contribution >= 4 is 11.6 Å². The predicted molar refractivity (Wildman–Crippen MR) is 80.8 cm³/mol. The quantitative estimate of drug-likeness (QED) is 0.896. The van der Waals surface area contributed by atoms with E-state index in [2.05, 4.69) is 0 Å². The highest BCUT2D eigenvalue weighted by molar-refractivity contribution is 5.82. The number of rotatable bonds is 5. The van der Waals surface area contributed by atoms with Crippen molar-refractivity contribution in [2.75, 3.05) is 31.6 Å². The Bertz CT molecular complexity index is 456. The molecule has 2 rings (SSSR count). The molecule has 1 aliphatic rings. The summed E-state index contributed by atoms with van der Waals surface area (Å²) in [6, 6.07) is 7.76. The molecule has 1 saturated heterocycles. The van der Waals surface area contributed by atoms with E-state index in [-0.39, 0.29) is 5.91 Å². The van der Waals surface area contributed by atoms with Crippen LogP contribution in [0.15, 0.2) is 24.3 Å². The molecule has 1 N–H and O–H groups in total. The van der Waals surface area contributed by atoms with E-state index in [1.54, 1.807) is 0 Å².